The van der Waals surface area contributed by atoms with Gasteiger partial charge in [0.15, 0.2) is 5.83 Å². The van der Waals surface area contributed by atoms with Crippen molar-refractivity contribution in [1.29, 1.82) is 0 Å². The standard InChI is InChI=1S/2C6H14.C5H8O.C4H6F2.C4H9O.C4H10.C4H9.C4H8.C4H6.C3H3F3.C3H4.C2F4.C2H4O.2C2H6.2CH3.K.Li.Na.H2O.2Y/c2*1-3-5-6-4-2;1-4-5(2,3)6;1-3(5)4(2)6;1-4(2,3)5;4*1-3-4-2;1-2(4)3(5)6;1-3-2;3-1(4)2(5)6;1-2-3;2*1-2;;;;;;;;/h2*3-6H2,1-2H3;1,6H,2-3H3;1-2H3;1-3H3;3-4H2,1-2H3;1,3-4H2,2H3;3-4H,1-2H3;1-2H3;1H3;1H,2H3;;2H,1H3;2*1-2H3;2*1H3;;;;1H2;;/q;;;;-1;;-1;;;;;;;;;2*-1;3*+1;;;/p-1/b;;;4-3+;;;;4-3+;;;;;;;;;;;;;;;. The van der Waals surface area contributed by atoms with Crippen LogP contribution in [0.15, 0.2) is 47.9 Å². The molecule has 4 nitrogen and oxygen atoms in total. The van der Waals surface area contributed by atoms with Gasteiger partial charge in [-0.2, -0.15) is 32.8 Å². The number of aliphatic hydroxyl groups is 1. The molecule has 0 fully saturated rings. The molecule has 0 aromatic rings. The molecule has 0 aromatic heterocycles. The van der Waals surface area contributed by atoms with Gasteiger partial charge in [0.25, 0.3) is 0 Å². The molecular formula is C57H114F9KLiNaO4Y2-2. The second-order valence-corrected chi connectivity index (χ2v) is 13.2. The van der Waals surface area contributed by atoms with E-state index in [1.54, 1.807) is 41.5 Å². The third-order valence-electron chi connectivity index (χ3n) is 4.58. The number of aldehydes is 1. The van der Waals surface area contributed by atoms with Crippen molar-refractivity contribution in [3.63, 3.8) is 0 Å². The zero-order valence-corrected chi connectivity index (χ0v) is 65.1. The molecular weight excluding hydrogens is 1170 g/mol. The van der Waals surface area contributed by atoms with Gasteiger partial charge in [-0.25, -0.2) is 13.2 Å². The van der Waals surface area contributed by atoms with E-state index >= 15 is 0 Å². The summed E-state index contributed by atoms with van der Waals surface area (Å²) in [6, 6.07) is 0. The summed E-state index contributed by atoms with van der Waals surface area (Å²) >= 11 is 0. The minimum absolute atomic E-state index is 0. The maximum absolute atomic E-state index is 11.3. The van der Waals surface area contributed by atoms with E-state index in [0.717, 1.165) is 26.6 Å². The SMILES string of the molecule is C#CC.C#CC(C)(C)O.C/C(F)=C(/C)F.C/C=C/C.CC.CC.CC#CC.CC(C)(C)[O-].CC(F)=C(F)F.CC=O.CCCC.CCCCCC.CCCCCC.FC(F)=C(F)F.[CH2-]CCC.[CH3-].[CH3-].[K+].[Li+].[Na+].[OH-].[Y].[Y]. The Hall–Kier alpha value is 2.00. The molecule has 0 aliphatic rings. The van der Waals surface area contributed by atoms with Crippen LogP contribution in [-0.2, 0) is 70.2 Å². The summed E-state index contributed by atoms with van der Waals surface area (Å²) in [5.41, 5.74) is -1.68. The molecule has 2 N–H and O–H groups in total. The van der Waals surface area contributed by atoms with Crippen molar-refractivity contribution in [3.05, 3.63) is 69.7 Å². The van der Waals surface area contributed by atoms with E-state index in [2.05, 4.69) is 85.5 Å². The van der Waals surface area contributed by atoms with Crippen molar-refractivity contribution >= 4 is 6.29 Å². The van der Waals surface area contributed by atoms with E-state index in [1.165, 1.54) is 77.6 Å². The maximum Gasteiger partial charge on any atom is 1.00 e. The molecule has 0 heterocycles. The van der Waals surface area contributed by atoms with Crippen LogP contribution in [-0.4, -0.2) is 28.1 Å². The van der Waals surface area contributed by atoms with Crippen molar-refractivity contribution in [3.8, 4) is 36.5 Å². The molecule has 0 saturated carbocycles. The van der Waals surface area contributed by atoms with E-state index in [9.17, 15) is 44.6 Å². The van der Waals surface area contributed by atoms with E-state index in [-0.39, 0.29) is 186 Å². The van der Waals surface area contributed by atoms with Crippen LogP contribution in [0.5, 0.6) is 0 Å². The molecule has 0 spiro atoms. The average molecular weight is 1280 g/mol. The van der Waals surface area contributed by atoms with Crippen LogP contribution in [0.2, 0.25) is 0 Å². The predicted molar refractivity (Wildman–Crippen MR) is 297 cm³/mol. The number of allylic oxidation sites excluding steroid dienone is 5. The molecule has 75 heavy (non-hydrogen) atoms. The number of hydrogen-bond donors (Lipinski definition) is 1. The predicted octanol–water partition coefficient (Wildman–Crippen LogP) is 12.6. The molecule has 0 aromatic carbocycles. The van der Waals surface area contributed by atoms with Crippen LogP contribution < -0.4 is 105 Å². The van der Waals surface area contributed by atoms with Gasteiger partial charge in [-0.3, -0.25) is 0 Å². The third-order valence-corrected chi connectivity index (χ3v) is 4.58. The Labute approximate surface area is 591 Å². The molecule has 2 radical (unpaired) electrons. The fraction of sp³-hybridized carbons (Fsp3) is 0.684. The minimum atomic E-state index is -2.91. The van der Waals surface area contributed by atoms with Crippen molar-refractivity contribution in [1.82, 2.24) is 0 Å². The molecule has 0 saturated heterocycles. The van der Waals surface area contributed by atoms with Crippen molar-refractivity contribution in [2.75, 3.05) is 0 Å². The summed E-state index contributed by atoms with van der Waals surface area (Å²) in [5, 5.41) is 18.7. The Balaban J connectivity index is -0.0000000184. The summed E-state index contributed by atoms with van der Waals surface area (Å²) in [6.45, 7) is 48.6. The van der Waals surface area contributed by atoms with Gasteiger partial charge in [0.1, 0.15) is 23.5 Å². The fourth-order valence-electron chi connectivity index (χ4n) is 1.000. The zero-order chi connectivity index (χ0) is 57.9. The molecule has 18 heteroatoms. The second kappa shape index (κ2) is 164. The Morgan fingerprint density at radius 2 is 0.693 bits per heavy atom. The van der Waals surface area contributed by atoms with Crippen LogP contribution in [0.25, 0.3) is 0 Å². The van der Waals surface area contributed by atoms with E-state index in [0.29, 0.717) is 6.92 Å². The summed E-state index contributed by atoms with van der Waals surface area (Å²) in [4.78, 5) is 8.81. The second-order valence-electron chi connectivity index (χ2n) is 13.2. The van der Waals surface area contributed by atoms with E-state index in [4.69, 9.17) is 16.3 Å². The number of carbonyl (C=O) groups is 1. The van der Waals surface area contributed by atoms with E-state index in [1.807, 2.05) is 67.5 Å². The number of terminal acetylenes is 2. The van der Waals surface area contributed by atoms with Gasteiger partial charge in [0, 0.05) is 65.4 Å². The van der Waals surface area contributed by atoms with Gasteiger partial charge in [-0.05, 0) is 76.2 Å². The zero-order valence-electron chi connectivity index (χ0n) is 54.3. The Bertz CT molecular complexity index is 973. The first-order chi connectivity index (χ1) is 30.8. The van der Waals surface area contributed by atoms with Gasteiger partial charge in [0.2, 0.25) is 0 Å². The molecule has 0 aliphatic carbocycles. The van der Waals surface area contributed by atoms with Gasteiger partial charge in [-0.1, -0.05) is 186 Å². The Morgan fingerprint density at radius 3 is 0.707 bits per heavy atom. The molecule has 440 valence electrons. The molecule has 0 aliphatic heterocycles. The van der Waals surface area contributed by atoms with E-state index < -0.39 is 46.9 Å². The van der Waals surface area contributed by atoms with Crippen LogP contribution in [0.1, 0.15) is 250 Å². The Morgan fingerprint density at radius 1 is 0.560 bits per heavy atom. The maximum atomic E-state index is 11.3. The van der Waals surface area contributed by atoms with Gasteiger partial charge in [-0.15, -0.1) is 36.2 Å². The van der Waals surface area contributed by atoms with Gasteiger partial charge < -0.3 is 42.3 Å². The molecule has 0 unspecified atom stereocenters. The number of carbonyl (C=O) groups excluding carboxylic acids is 1. The summed E-state index contributed by atoms with van der Waals surface area (Å²) in [6.07, 6.45) is 22.1. The largest absolute Gasteiger partial charge is 1.00 e. The third kappa shape index (κ3) is 571. The summed E-state index contributed by atoms with van der Waals surface area (Å²) in [5.74, 6) is 6.88. The van der Waals surface area contributed by atoms with Crippen molar-refractivity contribution < 1.29 is 225 Å². The van der Waals surface area contributed by atoms with Crippen LogP contribution >= 0.6 is 0 Å². The quantitative estimate of drug-likeness (QED) is 0.0499. The van der Waals surface area contributed by atoms with Crippen LogP contribution in [0, 0.1) is 58.3 Å². The van der Waals surface area contributed by atoms with Crippen molar-refractivity contribution in [2.45, 2.75) is 261 Å². The average Bonchev–Trinajstić information content (AvgIpc) is 3.27. The Kier molecular flexibility index (Phi) is 334. The number of unbranched alkanes of at least 4 members (excludes halogenated alkanes) is 8. The normalized spacial score (nSPS) is 7.40. The van der Waals surface area contributed by atoms with Crippen LogP contribution in [0.3, 0.4) is 0 Å². The summed E-state index contributed by atoms with van der Waals surface area (Å²) in [7, 11) is 0. The molecule has 0 bridgehead atoms. The number of rotatable bonds is 8. The first-order valence-electron chi connectivity index (χ1n) is 23.2. The fourth-order valence-corrected chi connectivity index (χ4v) is 1.000. The minimum Gasteiger partial charge on any atom is -0.870 e. The van der Waals surface area contributed by atoms with Crippen molar-refractivity contribution in [2.24, 2.45) is 0 Å². The first-order valence-corrected chi connectivity index (χ1v) is 23.2. The topological polar surface area (TPSA) is 90.4 Å². The smallest absolute Gasteiger partial charge is 0.870 e. The van der Waals surface area contributed by atoms with Gasteiger partial charge >= 0.3 is 118 Å². The van der Waals surface area contributed by atoms with Crippen LogP contribution in [0.4, 0.5) is 39.5 Å². The van der Waals surface area contributed by atoms with Gasteiger partial charge in [0.05, 0.1) is 0 Å². The molecule has 0 amide bonds. The number of hydrogen-bond acceptors (Lipinski definition) is 4. The molecule has 0 atom stereocenters. The monoisotopic (exact) mass is 1280 g/mol. The summed E-state index contributed by atoms with van der Waals surface area (Å²) < 4.78 is 96.1. The number of halogens is 9. The first kappa shape index (κ1) is 153. The molecule has 0 rings (SSSR count).